The Hall–Kier alpha value is -0.380. The molecule has 2 nitrogen and oxygen atoms in total. The van der Waals surface area contributed by atoms with Crippen molar-refractivity contribution in [2.45, 2.75) is 26.4 Å². The molecule has 1 atom stereocenters. The van der Waals surface area contributed by atoms with Crippen LogP contribution in [0.4, 0.5) is 0 Å². The number of halogens is 1. The molecule has 16 heavy (non-hydrogen) atoms. The standard InChI is InChI=1S/C13H19BrN2/c1-10-3-4-12(7-13(10)14)9-16-6-5-15-11(2)8-16/h3-4,7,11,15H,5-6,8-9H2,1-2H3. The van der Waals surface area contributed by atoms with Crippen LogP contribution < -0.4 is 5.32 Å². The lowest BCUT2D eigenvalue weighted by molar-refractivity contribution is 0.199. The molecule has 0 aromatic heterocycles. The molecule has 1 saturated heterocycles. The summed E-state index contributed by atoms with van der Waals surface area (Å²) in [5.41, 5.74) is 2.70. The SMILES string of the molecule is Cc1ccc(CN2CCNC(C)C2)cc1Br. The highest BCUT2D eigenvalue weighted by Gasteiger charge is 2.15. The zero-order valence-electron chi connectivity index (χ0n) is 9.96. The summed E-state index contributed by atoms with van der Waals surface area (Å²) < 4.78 is 1.22. The van der Waals surface area contributed by atoms with Gasteiger partial charge in [0.25, 0.3) is 0 Å². The zero-order chi connectivity index (χ0) is 11.5. The van der Waals surface area contributed by atoms with E-state index < -0.39 is 0 Å². The van der Waals surface area contributed by atoms with Crippen molar-refractivity contribution in [3.8, 4) is 0 Å². The van der Waals surface area contributed by atoms with Crippen molar-refractivity contribution >= 4 is 15.9 Å². The number of hydrogen-bond donors (Lipinski definition) is 1. The fraction of sp³-hybridized carbons (Fsp3) is 0.538. The molecule has 2 rings (SSSR count). The van der Waals surface area contributed by atoms with Gasteiger partial charge in [-0.05, 0) is 31.0 Å². The van der Waals surface area contributed by atoms with Gasteiger partial charge in [-0.15, -0.1) is 0 Å². The number of benzene rings is 1. The second-order valence-corrected chi connectivity index (χ2v) is 5.53. The lowest BCUT2D eigenvalue weighted by Crippen LogP contribution is -2.48. The van der Waals surface area contributed by atoms with Crippen molar-refractivity contribution in [1.29, 1.82) is 0 Å². The summed E-state index contributed by atoms with van der Waals surface area (Å²) in [6.45, 7) is 8.83. The molecule has 0 radical (unpaired) electrons. The summed E-state index contributed by atoms with van der Waals surface area (Å²) in [6, 6.07) is 7.27. The molecule has 1 aliphatic heterocycles. The minimum absolute atomic E-state index is 0.614. The minimum Gasteiger partial charge on any atom is -0.312 e. The van der Waals surface area contributed by atoms with Crippen molar-refractivity contribution < 1.29 is 0 Å². The Morgan fingerprint density at radius 3 is 3.00 bits per heavy atom. The second-order valence-electron chi connectivity index (χ2n) is 4.67. The first kappa shape index (κ1) is 12.1. The largest absolute Gasteiger partial charge is 0.312 e. The summed E-state index contributed by atoms with van der Waals surface area (Å²) in [7, 11) is 0. The molecule has 0 aliphatic carbocycles. The van der Waals surface area contributed by atoms with Gasteiger partial charge in [-0.3, -0.25) is 4.90 Å². The predicted octanol–water partition coefficient (Wildman–Crippen LogP) is 2.55. The lowest BCUT2D eigenvalue weighted by atomic mass is 10.1. The summed E-state index contributed by atoms with van der Waals surface area (Å²) in [5.74, 6) is 0. The van der Waals surface area contributed by atoms with Gasteiger partial charge in [0.15, 0.2) is 0 Å². The first-order chi connectivity index (χ1) is 7.65. The molecule has 1 heterocycles. The molecule has 1 aromatic rings. The zero-order valence-corrected chi connectivity index (χ0v) is 11.5. The van der Waals surface area contributed by atoms with Crippen LogP contribution in [0.25, 0.3) is 0 Å². The fourth-order valence-corrected chi connectivity index (χ4v) is 2.57. The van der Waals surface area contributed by atoms with E-state index in [4.69, 9.17) is 0 Å². The van der Waals surface area contributed by atoms with Gasteiger partial charge in [-0.2, -0.15) is 0 Å². The van der Waals surface area contributed by atoms with E-state index in [0.717, 1.165) is 26.2 Å². The van der Waals surface area contributed by atoms with Gasteiger partial charge in [0, 0.05) is 36.7 Å². The van der Waals surface area contributed by atoms with E-state index in [9.17, 15) is 0 Å². The molecular weight excluding hydrogens is 264 g/mol. The number of rotatable bonds is 2. The molecule has 88 valence electrons. The third kappa shape index (κ3) is 3.06. The Bertz CT molecular complexity index is 365. The van der Waals surface area contributed by atoms with Crippen LogP contribution in [0, 0.1) is 6.92 Å². The molecule has 0 saturated carbocycles. The van der Waals surface area contributed by atoms with Gasteiger partial charge in [0.1, 0.15) is 0 Å². The van der Waals surface area contributed by atoms with Gasteiger partial charge >= 0.3 is 0 Å². The van der Waals surface area contributed by atoms with Crippen molar-refractivity contribution in [2.75, 3.05) is 19.6 Å². The van der Waals surface area contributed by atoms with E-state index in [2.05, 4.69) is 58.2 Å². The maximum atomic E-state index is 3.59. The van der Waals surface area contributed by atoms with E-state index in [1.807, 2.05) is 0 Å². The van der Waals surface area contributed by atoms with Gasteiger partial charge < -0.3 is 5.32 Å². The average Bonchev–Trinajstić information content (AvgIpc) is 2.24. The quantitative estimate of drug-likeness (QED) is 0.897. The van der Waals surface area contributed by atoms with Crippen LogP contribution in [0.3, 0.4) is 0 Å². The minimum atomic E-state index is 0.614. The molecule has 1 aromatic carbocycles. The van der Waals surface area contributed by atoms with Crippen LogP contribution in [0.2, 0.25) is 0 Å². The Balaban J connectivity index is 2.00. The normalized spacial score (nSPS) is 22.3. The highest BCUT2D eigenvalue weighted by Crippen LogP contribution is 2.18. The van der Waals surface area contributed by atoms with Crippen molar-refractivity contribution in [3.05, 3.63) is 33.8 Å². The molecule has 0 spiro atoms. The Labute approximate surface area is 106 Å². The van der Waals surface area contributed by atoms with E-state index >= 15 is 0 Å². The summed E-state index contributed by atoms with van der Waals surface area (Å²) in [4.78, 5) is 2.51. The van der Waals surface area contributed by atoms with E-state index in [0.29, 0.717) is 6.04 Å². The van der Waals surface area contributed by atoms with Crippen LogP contribution in [-0.4, -0.2) is 30.6 Å². The summed E-state index contributed by atoms with van der Waals surface area (Å²) in [6.07, 6.45) is 0. The van der Waals surface area contributed by atoms with E-state index in [1.165, 1.54) is 15.6 Å². The highest BCUT2D eigenvalue weighted by molar-refractivity contribution is 9.10. The third-order valence-corrected chi connectivity index (χ3v) is 3.95. The van der Waals surface area contributed by atoms with Gasteiger partial charge in [-0.25, -0.2) is 0 Å². The first-order valence-electron chi connectivity index (χ1n) is 5.86. The maximum absolute atomic E-state index is 3.59. The Morgan fingerprint density at radius 1 is 1.50 bits per heavy atom. The number of nitrogens with one attached hydrogen (secondary N) is 1. The average molecular weight is 283 g/mol. The first-order valence-corrected chi connectivity index (χ1v) is 6.65. The van der Waals surface area contributed by atoms with Gasteiger partial charge in [0.05, 0.1) is 0 Å². The Morgan fingerprint density at radius 2 is 2.31 bits per heavy atom. The summed E-state index contributed by atoms with van der Waals surface area (Å²) >= 11 is 3.59. The van der Waals surface area contributed by atoms with Crippen molar-refractivity contribution in [3.63, 3.8) is 0 Å². The molecular formula is C13H19BrN2. The van der Waals surface area contributed by atoms with Gasteiger partial charge in [-0.1, -0.05) is 28.1 Å². The van der Waals surface area contributed by atoms with Crippen LogP contribution in [-0.2, 0) is 6.54 Å². The molecule has 1 aliphatic rings. The smallest absolute Gasteiger partial charge is 0.0235 e. The monoisotopic (exact) mass is 282 g/mol. The topological polar surface area (TPSA) is 15.3 Å². The predicted molar refractivity (Wildman–Crippen MR) is 71.6 cm³/mol. The summed E-state index contributed by atoms with van der Waals surface area (Å²) in [5, 5.41) is 3.47. The second kappa shape index (κ2) is 5.30. The maximum Gasteiger partial charge on any atom is 0.0235 e. The van der Waals surface area contributed by atoms with Crippen LogP contribution >= 0.6 is 15.9 Å². The molecule has 0 bridgehead atoms. The number of hydrogen-bond acceptors (Lipinski definition) is 2. The van der Waals surface area contributed by atoms with E-state index in [-0.39, 0.29) is 0 Å². The molecule has 1 N–H and O–H groups in total. The van der Waals surface area contributed by atoms with Crippen molar-refractivity contribution in [1.82, 2.24) is 10.2 Å². The third-order valence-electron chi connectivity index (χ3n) is 3.10. The van der Waals surface area contributed by atoms with Crippen LogP contribution in [0.1, 0.15) is 18.1 Å². The van der Waals surface area contributed by atoms with Crippen molar-refractivity contribution in [2.24, 2.45) is 0 Å². The van der Waals surface area contributed by atoms with Crippen LogP contribution in [0.5, 0.6) is 0 Å². The number of nitrogens with zero attached hydrogens (tertiary/aromatic N) is 1. The Kier molecular flexibility index (Phi) is 4.00. The van der Waals surface area contributed by atoms with E-state index in [1.54, 1.807) is 0 Å². The molecule has 1 unspecified atom stereocenters. The lowest BCUT2D eigenvalue weighted by Gasteiger charge is -2.31. The van der Waals surface area contributed by atoms with Crippen LogP contribution in [0.15, 0.2) is 22.7 Å². The molecule has 1 fully saturated rings. The number of piperazine rings is 1. The fourth-order valence-electron chi connectivity index (χ4n) is 2.15. The molecule has 0 amide bonds. The molecule has 3 heteroatoms. The van der Waals surface area contributed by atoms with Gasteiger partial charge in [0.2, 0.25) is 0 Å². The number of aryl methyl sites for hydroxylation is 1. The highest BCUT2D eigenvalue weighted by atomic mass is 79.9.